The molecule has 0 radical (unpaired) electrons. The third kappa shape index (κ3) is 4.19. The number of ether oxygens (including phenoxy) is 1. The van der Waals surface area contributed by atoms with Crippen LogP contribution in [0.25, 0.3) is 0 Å². The van der Waals surface area contributed by atoms with Crippen molar-refractivity contribution >= 4 is 39.0 Å². The van der Waals surface area contributed by atoms with Gasteiger partial charge >= 0.3 is 0 Å². The smallest absolute Gasteiger partial charge is 0.266 e. The Labute approximate surface area is 179 Å². The number of fused-ring (bicyclic) bond motifs is 1. The minimum atomic E-state index is -3.80. The lowest BCUT2D eigenvalue weighted by Gasteiger charge is -2.23. The first-order valence-electron chi connectivity index (χ1n) is 9.12. The fraction of sp³-hybridized carbons (Fsp3) is 0.0952. The second-order valence-corrected chi connectivity index (χ2v) is 8.56. The van der Waals surface area contributed by atoms with Crippen LogP contribution in [0.2, 0.25) is 5.02 Å². The summed E-state index contributed by atoms with van der Waals surface area (Å²) in [7, 11) is -1.95. The largest absolute Gasteiger partial charge is 0.454 e. The SMILES string of the molecule is CNc1ccc(CN=C2Nc3c(Oc4ccccc4Cl)cccc3S(=O)(=O)N2)cc1. The number of nitrogens with zero attached hydrogens (tertiary/aromatic N) is 1. The molecule has 4 rings (SSSR count). The number of benzene rings is 3. The van der Waals surface area contributed by atoms with Crippen molar-refractivity contribution in [3.63, 3.8) is 0 Å². The number of aliphatic imine (C=N–C) groups is 1. The number of hydrogen-bond donors (Lipinski definition) is 3. The summed E-state index contributed by atoms with van der Waals surface area (Å²) in [5, 5.41) is 6.50. The van der Waals surface area contributed by atoms with Crippen molar-refractivity contribution in [2.75, 3.05) is 17.7 Å². The molecule has 1 heterocycles. The highest BCUT2D eigenvalue weighted by molar-refractivity contribution is 7.90. The van der Waals surface area contributed by atoms with E-state index in [2.05, 4.69) is 20.3 Å². The van der Waals surface area contributed by atoms with E-state index in [1.165, 1.54) is 6.07 Å². The van der Waals surface area contributed by atoms with Gasteiger partial charge < -0.3 is 15.4 Å². The first-order chi connectivity index (χ1) is 14.5. The number of nitrogens with one attached hydrogen (secondary N) is 3. The van der Waals surface area contributed by atoms with Crippen LogP contribution in [0.4, 0.5) is 11.4 Å². The molecule has 154 valence electrons. The Balaban J connectivity index is 1.64. The molecule has 0 fully saturated rings. The second-order valence-electron chi connectivity index (χ2n) is 6.50. The molecule has 0 aromatic heterocycles. The first-order valence-corrected chi connectivity index (χ1v) is 11.0. The number of halogens is 1. The molecule has 0 bridgehead atoms. The van der Waals surface area contributed by atoms with Crippen LogP contribution in [-0.2, 0) is 16.6 Å². The number of para-hydroxylation sites is 2. The van der Waals surface area contributed by atoms with E-state index in [1.807, 2.05) is 31.3 Å². The molecule has 1 aliphatic rings. The average molecular weight is 443 g/mol. The maximum absolute atomic E-state index is 12.7. The van der Waals surface area contributed by atoms with E-state index in [1.54, 1.807) is 36.4 Å². The van der Waals surface area contributed by atoms with Crippen LogP contribution in [0.15, 0.2) is 76.6 Å². The second kappa shape index (κ2) is 8.25. The third-order valence-electron chi connectivity index (χ3n) is 4.47. The lowest BCUT2D eigenvalue weighted by atomic mass is 10.2. The van der Waals surface area contributed by atoms with Gasteiger partial charge in [-0.15, -0.1) is 0 Å². The van der Waals surface area contributed by atoms with Gasteiger partial charge in [-0.25, -0.2) is 18.1 Å². The summed E-state index contributed by atoms with van der Waals surface area (Å²) in [6.45, 7) is 0.303. The molecule has 3 aromatic carbocycles. The van der Waals surface area contributed by atoms with Gasteiger partial charge in [0.05, 0.1) is 11.6 Å². The standard InChI is InChI=1S/C21H19ClN4O3S/c1-23-15-11-9-14(10-12-15)13-24-21-25-20-18(29-17-6-3-2-5-16(17)22)7-4-8-19(20)30(27,28)26-21/h2-12,23H,13H2,1H3,(H2,24,25,26). The zero-order valence-corrected chi connectivity index (χ0v) is 17.6. The predicted molar refractivity (Wildman–Crippen MR) is 119 cm³/mol. The zero-order chi connectivity index (χ0) is 21.1. The maximum atomic E-state index is 12.7. The molecule has 3 N–H and O–H groups in total. The van der Waals surface area contributed by atoms with Crippen molar-refractivity contribution in [3.8, 4) is 11.5 Å². The number of rotatable bonds is 5. The summed E-state index contributed by atoms with van der Waals surface area (Å²) in [6.07, 6.45) is 0. The van der Waals surface area contributed by atoms with E-state index >= 15 is 0 Å². The van der Waals surface area contributed by atoms with E-state index in [0.717, 1.165) is 11.3 Å². The molecule has 0 aliphatic carbocycles. The highest BCUT2D eigenvalue weighted by Gasteiger charge is 2.29. The molecular formula is C21H19ClN4O3S. The van der Waals surface area contributed by atoms with Crippen LogP contribution < -0.4 is 20.1 Å². The van der Waals surface area contributed by atoms with Crippen molar-refractivity contribution in [1.82, 2.24) is 4.72 Å². The third-order valence-corrected chi connectivity index (χ3v) is 6.16. The van der Waals surface area contributed by atoms with Gasteiger partial charge in [0.25, 0.3) is 10.0 Å². The van der Waals surface area contributed by atoms with Crippen LogP contribution in [0, 0.1) is 0 Å². The average Bonchev–Trinajstić information content (AvgIpc) is 2.74. The quantitative estimate of drug-likeness (QED) is 0.543. The number of anilines is 2. The molecular weight excluding hydrogens is 424 g/mol. The van der Waals surface area contributed by atoms with E-state index in [9.17, 15) is 8.42 Å². The van der Waals surface area contributed by atoms with Gasteiger partial charge in [-0.05, 0) is 42.0 Å². The Hall–Kier alpha value is -3.23. The van der Waals surface area contributed by atoms with Crippen molar-refractivity contribution in [2.24, 2.45) is 4.99 Å². The minimum Gasteiger partial charge on any atom is -0.454 e. The molecule has 0 amide bonds. The Kier molecular flexibility index (Phi) is 5.52. The van der Waals surface area contributed by atoms with Crippen molar-refractivity contribution in [3.05, 3.63) is 77.3 Å². The number of sulfonamides is 1. The summed E-state index contributed by atoms with van der Waals surface area (Å²) in [5.41, 5.74) is 2.23. The molecule has 0 unspecified atom stereocenters. The predicted octanol–water partition coefficient (Wildman–Crippen LogP) is 4.43. The van der Waals surface area contributed by atoms with Crippen LogP contribution in [0.5, 0.6) is 11.5 Å². The van der Waals surface area contributed by atoms with E-state index in [4.69, 9.17) is 16.3 Å². The lowest BCUT2D eigenvalue weighted by Crippen LogP contribution is -2.40. The normalized spacial score (nSPS) is 15.6. The molecule has 0 saturated heterocycles. The maximum Gasteiger partial charge on any atom is 0.266 e. The van der Waals surface area contributed by atoms with Crippen LogP contribution in [0.3, 0.4) is 0 Å². The van der Waals surface area contributed by atoms with Crippen LogP contribution in [-0.4, -0.2) is 21.4 Å². The monoisotopic (exact) mass is 442 g/mol. The lowest BCUT2D eigenvalue weighted by molar-refractivity contribution is 0.483. The minimum absolute atomic E-state index is 0.0735. The number of guanidine groups is 1. The van der Waals surface area contributed by atoms with Crippen LogP contribution >= 0.6 is 11.6 Å². The summed E-state index contributed by atoms with van der Waals surface area (Å²) >= 11 is 6.18. The van der Waals surface area contributed by atoms with Gasteiger partial charge in [-0.2, -0.15) is 0 Å². The van der Waals surface area contributed by atoms with Gasteiger partial charge in [0, 0.05) is 12.7 Å². The Morgan fingerprint density at radius 2 is 1.73 bits per heavy atom. The van der Waals surface area contributed by atoms with Crippen molar-refractivity contribution < 1.29 is 13.2 Å². The van der Waals surface area contributed by atoms with E-state index in [0.29, 0.717) is 28.8 Å². The molecule has 0 saturated carbocycles. The molecule has 3 aromatic rings. The summed E-state index contributed by atoms with van der Waals surface area (Å²) in [6, 6.07) is 19.5. The summed E-state index contributed by atoms with van der Waals surface area (Å²) in [5.74, 6) is 0.876. The van der Waals surface area contributed by atoms with E-state index in [-0.39, 0.29) is 10.9 Å². The Bertz CT molecular complexity index is 1210. The Morgan fingerprint density at radius 1 is 1.00 bits per heavy atom. The van der Waals surface area contributed by atoms with Gasteiger partial charge in [-0.1, -0.05) is 41.9 Å². The summed E-state index contributed by atoms with van der Waals surface area (Å²) < 4.78 is 33.8. The first kappa shape index (κ1) is 20.1. The van der Waals surface area contributed by atoms with Crippen LogP contribution in [0.1, 0.15) is 5.56 Å². The van der Waals surface area contributed by atoms with Crippen molar-refractivity contribution in [1.29, 1.82) is 0 Å². The topological polar surface area (TPSA) is 91.8 Å². The molecule has 0 spiro atoms. The highest BCUT2D eigenvalue weighted by Crippen LogP contribution is 2.38. The highest BCUT2D eigenvalue weighted by atomic mass is 35.5. The van der Waals surface area contributed by atoms with Gasteiger partial charge in [0.1, 0.15) is 16.3 Å². The zero-order valence-electron chi connectivity index (χ0n) is 16.0. The molecule has 7 nitrogen and oxygen atoms in total. The Morgan fingerprint density at radius 3 is 2.47 bits per heavy atom. The fourth-order valence-electron chi connectivity index (χ4n) is 2.93. The van der Waals surface area contributed by atoms with Gasteiger partial charge in [0.15, 0.2) is 5.75 Å². The molecule has 0 atom stereocenters. The summed E-state index contributed by atoms with van der Waals surface area (Å²) in [4.78, 5) is 4.46. The van der Waals surface area contributed by atoms with Gasteiger partial charge in [-0.3, -0.25) is 0 Å². The fourth-order valence-corrected chi connectivity index (χ4v) is 4.27. The molecule has 1 aliphatic heterocycles. The molecule has 30 heavy (non-hydrogen) atoms. The molecule has 9 heteroatoms. The van der Waals surface area contributed by atoms with Crippen molar-refractivity contribution in [2.45, 2.75) is 11.4 Å². The number of hydrogen-bond acceptors (Lipinski definition) is 5. The van der Waals surface area contributed by atoms with Gasteiger partial charge in [0.2, 0.25) is 5.96 Å². The van der Waals surface area contributed by atoms with E-state index < -0.39 is 10.0 Å².